The van der Waals surface area contributed by atoms with E-state index >= 15 is 0 Å². The maximum absolute atomic E-state index is 12.1. The second kappa shape index (κ2) is 9.60. The molecule has 148 valence electrons. The summed E-state index contributed by atoms with van der Waals surface area (Å²) in [5, 5.41) is 0. The molecule has 0 aliphatic carbocycles. The van der Waals surface area contributed by atoms with Gasteiger partial charge < -0.3 is 14.2 Å². The maximum Gasteiger partial charge on any atom is 0.336 e. The standard InChI is InChI=1S/C25H24O4/c1-18-9-12-22(15-19(18)2)29-25(26)14-11-20-10-13-23(24(16-20)27-3)28-17-21-7-5-4-6-8-21/h4-16H,17H2,1-3H3/b14-11+. The van der Waals surface area contributed by atoms with Crippen LogP contribution >= 0.6 is 0 Å². The van der Waals surface area contributed by atoms with E-state index in [1.165, 1.54) is 6.08 Å². The first-order chi connectivity index (χ1) is 14.0. The average Bonchev–Trinajstić information content (AvgIpc) is 2.74. The highest BCUT2D eigenvalue weighted by molar-refractivity contribution is 5.88. The Morgan fingerprint density at radius 3 is 2.41 bits per heavy atom. The molecule has 0 aliphatic heterocycles. The summed E-state index contributed by atoms with van der Waals surface area (Å²) < 4.78 is 16.6. The van der Waals surface area contributed by atoms with Crippen molar-refractivity contribution in [2.75, 3.05) is 7.11 Å². The van der Waals surface area contributed by atoms with E-state index in [0.29, 0.717) is 23.9 Å². The minimum atomic E-state index is -0.434. The van der Waals surface area contributed by atoms with Crippen molar-refractivity contribution in [1.29, 1.82) is 0 Å². The molecule has 3 rings (SSSR count). The zero-order valence-electron chi connectivity index (χ0n) is 16.8. The number of benzene rings is 3. The van der Waals surface area contributed by atoms with Crippen LogP contribution in [0.15, 0.2) is 72.8 Å². The smallest absolute Gasteiger partial charge is 0.336 e. The topological polar surface area (TPSA) is 44.8 Å². The monoisotopic (exact) mass is 388 g/mol. The summed E-state index contributed by atoms with van der Waals surface area (Å²) in [6.45, 7) is 4.45. The van der Waals surface area contributed by atoms with Crippen LogP contribution in [0.25, 0.3) is 6.08 Å². The van der Waals surface area contributed by atoms with Gasteiger partial charge in [0.05, 0.1) is 7.11 Å². The molecule has 4 nitrogen and oxygen atoms in total. The molecule has 0 N–H and O–H groups in total. The van der Waals surface area contributed by atoms with Crippen molar-refractivity contribution in [1.82, 2.24) is 0 Å². The highest BCUT2D eigenvalue weighted by Crippen LogP contribution is 2.29. The van der Waals surface area contributed by atoms with Gasteiger partial charge in [0.2, 0.25) is 0 Å². The maximum atomic E-state index is 12.1. The van der Waals surface area contributed by atoms with Gasteiger partial charge in [-0.25, -0.2) is 4.79 Å². The number of esters is 1. The van der Waals surface area contributed by atoms with Gasteiger partial charge in [-0.15, -0.1) is 0 Å². The number of ether oxygens (including phenoxy) is 3. The Labute approximate surface area is 171 Å². The van der Waals surface area contributed by atoms with Crippen LogP contribution < -0.4 is 14.2 Å². The van der Waals surface area contributed by atoms with Gasteiger partial charge in [0.15, 0.2) is 11.5 Å². The molecule has 3 aromatic carbocycles. The Kier molecular flexibility index (Phi) is 6.69. The Hall–Kier alpha value is -3.53. The lowest BCUT2D eigenvalue weighted by Crippen LogP contribution is -2.04. The first-order valence-electron chi connectivity index (χ1n) is 9.37. The van der Waals surface area contributed by atoms with E-state index in [0.717, 1.165) is 22.3 Å². The van der Waals surface area contributed by atoms with E-state index in [4.69, 9.17) is 14.2 Å². The summed E-state index contributed by atoms with van der Waals surface area (Å²) >= 11 is 0. The van der Waals surface area contributed by atoms with Crippen molar-refractivity contribution in [2.24, 2.45) is 0 Å². The molecule has 29 heavy (non-hydrogen) atoms. The van der Waals surface area contributed by atoms with Crippen molar-refractivity contribution in [3.63, 3.8) is 0 Å². The number of hydrogen-bond donors (Lipinski definition) is 0. The molecule has 4 heteroatoms. The third-order valence-electron chi connectivity index (χ3n) is 4.53. The van der Waals surface area contributed by atoms with E-state index < -0.39 is 5.97 Å². The fraction of sp³-hybridized carbons (Fsp3) is 0.160. The molecule has 0 radical (unpaired) electrons. The van der Waals surface area contributed by atoms with Gasteiger partial charge in [0.1, 0.15) is 12.4 Å². The molecule has 0 unspecified atom stereocenters. The lowest BCUT2D eigenvalue weighted by Gasteiger charge is -2.11. The Morgan fingerprint density at radius 1 is 0.897 bits per heavy atom. The molecule has 0 bridgehead atoms. The van der Waals surface area contributed by atoms with Gasteiger partial charge in [-0.2, -0.15) is 0 Å². The van der Waals surface area contributed by atoms with E-state index in [1.807, 2.05) is 74.5 Å². The summed E-state index contributed by atoms with van der Waals surface area (Å²) in [6.07, 6.45) is 3.08. The van der Waals surface area contributed by atoms with Crippen LogP contribution in [0.3, 0.4) is 0 Å². The summed E-state index contributed by atoms with van der Waals surface area (Å²) in [6, 6.07) is 21.0. The van der Waals surface area contributed by atoms with Gasteiger partial charge in [0.25, 0.3) is 0 Å². The van der Waals surface area contributed by atoms with Crippen molar-refractivity contribution in [2.45, 2.75) is 20.5 Å². The van der Waals surface area contributed by atoms with Gasteiger partial charge >= 0.3 is 5.97 Å². The highest BCUT2D eigenvalue weighted by Gasteiger charge is 2.07. The normalized spacial score (nSPS) is 10.7. The van der Waals surface area contributed by atoms with Crippen LogP contribution in [-0.2, 0) is 11.4 Å². The van der Waals surface area contributed by atoms with Crippen LogP contribution in [0, 0.1) is 13.8 Å². The molecule has 0 saturated heterocycles. The molecular formula is C25H24O4. The number of carbonyl (C=O) groups excluding carboxylic acids is 1. The fourth-order valence-corrected chi connectivity index (χ4v) is 2.73. The molecule has 0 fully saturated rings. The SMILES string of the molecule is COc1cc(/C=C/C(=O)Oc2ccc(C)c(C)c2)ccc1OCc1ccccc1. The van der Waals surface area contributed by atoms with Crippen molar-refractivity contribution in [3.05, 3.63) is 95.1 Å². The van der Waals surface area contributed by atoms with Crippen LogP contribution in [0.2, 0.25) is 0 Å². The lowest BCUT2D eigenvalue weighted by atomic mass is 10.1. The first kappa shape index (κ1) is 20.2. The van der Waals surface area contributed by atoms with Crippen LogP contribution in [0.5, 0.6) is 17.2 Å². The Morgan fingerprint density at radius 2 is 1.69 bits per heavy atom. The summed E-state index contributed by atoms with van der Waals surface area (Å²) in [5.41, 5.74) is 4.12. The minimum Gasteiger partial charge on any atom is -0.493 e. The third kappa shape index (κ3) is 5.72. The van der Waals surface area contributed by atoms with Crippen LogP contribution in [0.1, 0.15) is 22.3 Å². The van der Waals surface area contributed by atoms with E-state index in [-0.39, 0.29) is 0 Å². The van der Waals surface area contributed by atoms with Gasteiger partial charge in [0, 0.05) is 6.08 Å². The first-order valence-corrected chi connectivity index (χ1v) is 9.37. The molecule has 0 atom stereocenters. The van der Waals surface area contributed by atoms with E-state index in [1.54, 1.807) is 19.3 Å². The zero-order valence-corrected chi connectivity index (χ0v) is 16.8. The Bertz CT molecular complexity index is 1010. The highest BCUT2D eigenvalue weighted by atomic mass is 16.5. The zero-order chi connectivity index (χ0) is 20.6. The van der Waals surface area contributed by atoms with Gasteiger partial charge in [-0.1, -0.05) is 42.5 Å². The Balaban J connectivity index is 1.64. The number of aryl methyl sites for hydroxylation is 2. The second-order valence-electron chi connectivity index (χ2n) is 6.69. The predicted octanol–water partition coefficient (Wildman–Crippen LogP) is 5.51. The van der Waals surface area contributed by atoms with Crippen LogP contribution in [-0.4, -0.2) is 13.1 Å². The number of methoxy groups -OCH3 is 1. The summed E-state index contributed by atoms with van der Waals surface area (Å²) in [5.74, 6) is 1.35. The van der Waals surface area contributed by atoms with Crippen LogP contribution in [0.4, 0.5) is 0 Å². The van der Waals surface area contributed by atoms with Crippen molar-refractivity contribution in [3.8, 4) is 17.2 Å². The van der Waals surface area contributed by atoms with E-state index in [9.17, 15) is 4.79 Å². The molecule has 0 spiro atoms. The summed E-state index contributed by atoms with van der Waals surface area (Å²) in [7, 11) is 1.59. The van der Waals surface area contributed by atoms with Crippen molar-refractivity contribution >= 4 is 12.0 Å². The fourth-order valence-electron chi connectivity index (χ4n) is 2.73. The number of carbonyl (C=O) groups is 1. The second-order valence-corrected chi connectivity index (χ2v) is 6.69. The molecule has 0 aromatic heterocycles. The minimum absolute atomic E-state index is 0.434. The van der Waals surface area contributed by atoms with Gasteiger partial charge in [-0.3, -0.25) is 0 Å². The molecule has 3 aromatic rings. The predicted molar refractivity (Wildman–Crippen MR) is 114 cm³/mol. The van der Waals surface area contributed by atoms with E-state index in [2.05, 4.69) is 0 Å². The average molecular weight is 388 g/mol. The van der Waals surface area contributed by atoms with Crippen molar-refractivity contribution < 1.29 is 19.0 Å². The quantitative estimate of drug-likeness (QED) is 0.304. The number of hydrogen-bond acceptors (Lipinski definition) is 4. The molecule has 0 heterocycles. The third-order valence-corrected chi connectivity index (χ3v) is 4.53. The molecule has 0 amide bonds. The summed E-state index contributed by atoms with van der Waals surface area (Å²) in [4.78, 5) is 12.1. The van der Waals surface area contributed by atoms with Gasteiger partial charge in [-0.05, 0) is 66.4 Å². The largest absolute Gasteiger partial charge is 0.493 e. The number of rotatable bonds is 7. The molecule has 0 aliphatic rings. The molecule has 0 saturated carbocycles. The molecular weight excluding hydrogens is 364 g/mol. The lowest BCUT2D eigenvalue weighted by molar-refractivity contribution is -0.128.